The molecular weight excluding hydrogens is 352 g/mol. The molecule has 0 saturated carbocycles. The number of H-pyrrole nitrogens is 1. The molecule has 0 aliphatic carbocycles. The lowest BCUT2D eigenvalue weighted by Crippen LogP contribution is -1.95. The Morgan fingerprint density at radius 2 is 1.91 bits per heavy atom. The number of nitrogen functional groups attached to an aromatic ring is 1. The minimum Gasteiger partial charge on any atom is -0.398 e. The quantitative estimate of drug-likeness (QED) is 0.296. The lowest BCUT2D eigenvalue weighted by atomic mass is 10.0. The molecule has 0 aliphatic heterocycles. The summed E-state index contributed by atoms with van der Waals surface area (Å²) in [4.78, 5) is 15.4. The van der Waals surface area contributed by atoms with Gasteiger partial charge in [0.25, 0.3) is 0 Å². The maximum atomic E-state index is 12.3. The highest BCUT2D eigenvalue weighted by molar-refractivity contribution is 9.10. The first-order valence-electron chi connectivity index (χ1n) is 7.09. The first-order valence-corrected chi connectivity index (χ1v) is 7.88. The number of rotatable bonds is 4. The molecular formula is C19H15BrN2O. The Kier molecular flexibility index (Phi) is 4.17. The summed E-state index contributed by atoms with van der Waals surface area (Å²) in [6.45, 7) is 3.98. The Hall–Kier alpha value is -2.59. The Labute approximate surface area is 142 Å². The van der Waals surface area contributed by atoms with E-state index in [1.165, 1.54) is 6.08 Å². The number of aromatic amines is 1. The van der Waals surface area contributed by atoms with Crippen LogP contribution in [0.4, 0.5) is 5.69 Å². The van der Waals surface area contributed by atoms with Gasteiger partial charge in [0.15, 0.2) is 0 Å². The molecule has 0 unspecified atom stereocenters. The van der Waals surface area contributed by atoms with Crippen LogP contribution in [0, 0.1) is 0 Å². The van der Waals surface area contributed by atoms with Crippen molar-refractivity contribution in [1.82, 2.24) is 4.98 Å². The predicted molar refractivity (Wildman–Crippen MR) is 99.4 cm³/mol. The Morgan fingerprint density at radius 1 is 1.13 bits per heavy atom. The second-order valence-electron chi connectivity index (χ2n) is 5.22. The van der Waals surface area contributed by atoms with Crippen molar-refractivity contribution >= 4 is 43.9 Å². The molecule has 0 fully saturated rings. The van der Waals surface area contributed by atoms with Crippen molar-refractivity contribution in [2.24, 2.45) is 0 Å². The molecule has 0 bridgehead atoms. The number of para-hydroxylation sites is 1. The summed E-state index contributed by atoms with van der Waals surface area (Å²) >= 11 is 3.37. The summed E-state index contributed by atoms with van der Waals surface area (Å²) in [7, 11) is 0. The molecule has 114 valence electrons. The van der Waals surface area contributed by atoms with Gasteiger partial charge in [0, 0.05) is 26.6 Å². The molecule has 0 saturated heterocycles. The number of aromatic nitrogens is 1. The van der Waals surface area contributed by atoms with E-state index in [1.54, 1.807) is 6.08 Å². The third kappa shape index (κ3) is 3.27. The molecule has 1 heterocycles. The van der Waals surface area contributed by atoms with E-state index in [9.17, 15) is 4.79 Å². The third-order valence-electron chi connectivity index (χ3n) is 3.59. The molecule has 3 rings (SSSR count). The number of halogens is 1. The van der Waals surface area contributed by atoms with Gasteiger partial charge in [0.1, 0.15) is 0 Å². The molecule has 3 nitrogen and oxygen atoms in total. The maximum Gasteiger partial charge on any atom is 0.202 e. The zero-order chi connectivity index (χ0) is 16.4. The number of carbonyl (C=O) groups excluding carboxylic acids is 1. The fraction of sp³-hybridized carbons (Fsp3) is 0. The fourth-order valence-electron chi connectivity index (χ4n) is 2.39. The van der Waals surface area contributed by atoms with Crippen molar-refractivity contribution < 1.29 is 4.79 Å². The highest BCUT2D eigenvalue weighted by atomic mass is 79.9. The first kappa shape index (κ1) is 15.3. The van der Waals surface area contributed by atoms with E-state index in [0.29, 0.717) is 17.0 Å². The van der Waals surface area contributed by atoms with E-state index in [-0.39, 0.29) is 5.78 Å². The van der Waals surface area contributed by atoms with E-state index in [2.05, 4.69) is 27.5 Å². The first-order chi connectivity index (χ1) is 11.0. The van der Waals surface area contributed by atoms with Crippen molar-refractivity contribution in [3.05, 3.63) is 83.0 Å². The summed E-state index contributed by atoms with van der Waals surface area (Å²) in [5.41, 5.74) is 9.60. The van der Waals surface area contributed by atoms with Gasteiger partial charge in [0.05, 0.1) is 5.69 Å². The van der Waals surface area contributed by atoms with Crippen LogP contribution in [0.15, 0.2) is 71.7 Å². The number of hydrogen-bond donors (Lipinski definition) is 2. The van der Waals surface area contributed by atoms with Gasteiger partial charge in [-0.3, -0.25) is 4.79 Å². The average Bonchev–Trinajstić information content (AvgIpc) is 2.96. The fourth-order valence-corrected chi connectivity index (χ4v) is 2.77. The minimum atomic E-state index is -0.0990. The minimum absolute atomic E-state index is 0.0990. The van der Waals surface area contributed by atoms with Crippen LogP contribution < -0.4 is 5.73 Å². The normalized spacial score (nSPS) is 11.2. The maximum absolute atomic E-state index is 12.3. The van der Waals surface area contributed by atoms with Gasteiger partial charge in [-0.2, -0.15) is 0 Å². The van der Waals surface area contributed by atoms with E-state index in [0.717, 1.165) is 20.9 Å². The predicted octanol–water partition coefficient (Wildman–Crippen LogP) is 4.96. The average molecular weight is 367 g/mol. The number of nitrogens with two attached hydrogens (primary N) is 1. The van der Waals surface area contributed by atoms with Crippen LogP contribution in [0.5, 0.6) is 0 Å². The largest absolute Gasteiger partial charge is 0.398 e. The van der Waals surface area contributed by atoms with Gasteiger partial charge >= 0.3 is 0 Å². The zero-order valence-electron chi connectivity index (χ0n) is 12.3. The molecule has 0 atom stereocenters. The molecule has 3 N–H and O–H groups in total. The lowest BCUT2D eigenvalue weighted by Gasteiger charge is -2.05. The molecule has 0 amide bonds. The second kappa shape index (κ2) is 6.26. The Bertz CT molecular complexity index is 904. The van der Waals surface area contributed by atoms with E-state index in [1.807, 2.05) is 48.5 Å². The van der Waals surface area contributed by atoms with Crippen molar-refractivity contribution in [3.8, 4) is 0 Å². The molecule has 3 aromatic rings. The zero-order valence-corrected chi connectivity index (χ0v) is 13.9. The van der Waals surface area contributed by atoms with Crippen molar-refractivity contribution in [2.75, 3.05) is 5.73 Å². The molecule has 0 radical (unpaired) electrons. The van der Waals surface area contributed by atoms with Gasteiger partial charge in [-0.05, 0) is 35.9 Å². The second-order valence-corrected chi connectivity index (χ2v) is 6.14. The van der Waals surface area contributed by atoms with Crippen LogP contribution in [0.3, 0.4) is 0 Å². The summed E-state index contributed by atoms with van der Waals surface area (Å²) in [5.74, 6) is -0.0990. The van der Waals surface area contributed by atoms with E-state index >= 15 is 0 Å². The smallest absolute Gasteiger partial charge is 0.202 e. The molecule has 1 aromatic heterocycles. The van der Waals surface area contributed by atoms with Crippen molar-refractivity contribution in [3.63, 3.8) is 0 Å². The Morgan fingerprint density at radius 3 is 2.65 bits per heavy atom. The molecule has 23 heavy (non-hydrogen) atoms. The summed E-state index contributed by atoms with van der Waals surface area (Å²) in [6, 6.07) is 15.2. The molecule has 2 aromatic carbocycles. The highest BCUT2D eigenvalue weighted by Gasteiger charge is 2.07. The van der Waals surface area contributed by atoms with Crippen molar-refractivity contribution in [2.45, 2.75) is 0 Å². The SMILES string of the molecule is C=C(/C=C/C(=O)c1cc2ccccc2[nH]1)c1ccc(Br)cc1N. The third-order valence-corrected chi connectivity index (χ3v) is 4.08. The van der Waals surface area contributed by atoms with E-state index in [4.69, 9.17) is 5.73 Å². The summed E-state index contributed by atoms with van der Waals surface area (Å²) in [6.07, 6.45) is 3.20. The van der Waals surface area contributed by atoms with Crippen LogP contribution in [0.1, 0.15) is 16.1 Å². The number of ketones is 1. The van der Waals surface area contributed by atoms with Crippen LogP contribution in [-0.4, -0.2) is 10.8 Å². The van der Waals surface area contributed by atoms with Gasteiger partial charge in [-0.1, -0.05) is 52.9 Å². The number of nitrogens with one attached hydrogen (secondary N) is 1. The van der Waals surface area contributed by atoms with Crippen LogP contribution >= 0.6 is 15.9 Å². The number of allylic oxidation sites excluding steroid dienone is 3. The van der Waals surface area contributed by atoms with Crippen LogP contribution in [-0.2, 0) is 0 Å². The van der Waals surface area contributed by atoms with Gasteiger partial charge in [0.2, 0.25) is 5.78 Å². The molecule has 0 aliphatic rings. The number of fused-ring (bicyclic) bond motifs is 1. The van der Waals surface area contributed by atoms with Crippen molar-refractivity contribution in [1.29, 1.82) is 0 Å². The standard InChI is InChI=1S/C19H15BrN2O/c1-12(15-8-7-14(20)11-16(15)21)6-9-19(23)18-10-13-4-2-3-5-17(13)22-18/h2-11,22H,1,21H2/b9-6+. The summed E-state index contributed by atoms with van der Waals surface area (Å²) < 4.78 is 0.907. The van der Waals surface area contributed by atoms with E-state index < -0.39 is 0 Å². The Balaban J connectivity index is 1.81. The van der Waals surface area contributed by atoms with Gasteiger partial charge < -0.3 is 10.7 Å². The highest BCUT2D eigenvalue weighted by Crippen LogP contribution is 2.25. The van der Waals surface area contributed by atoms with Crippen LogP contribution in [0.2, 0.25) is 0 Å². The van der Waals surface area contributed by atoms with Gasteiger partial charge in [-0.25, -0.2) is 0 Å². The number of carbonyl (C=O) groups is 1. The number of hydrogen-bond acceptors (Lipinski definition) is 2. The van der Waals surface area contributed by atoms with Gasteiger partial charge in [-0.15, -0.1) is 0 Å². The lowest BCUT2D eigenvalue weighted by molar-refractivity contribution is 0.104. The van der Waals surface area contributed by atoms with Crippen LogP contribution in [0.25, 0.3) is 16.5 Å². The number of benzene rings is 2. The monoisotopic (exact) mass is 366 g/mol. The molecule has 0 spiro atoms. The summed E-state index contributed by atoms with van der Waals surface area (Å²) in [5, 5.41) is 1.01. The topological polar surface area (TPSA) is 58.9 Å². The number of anilines is 1. The molecule has 4 heteroatoms.